The molecule has 66 valence electrons. The molecule has 3 heteroatoms. The standard InChI is InChI=1S/C9H13NO2/c1-3-6(2)8-7-4-5-12-9(11)10(7)8/h7H,3-5H2,1-2H3/b8-6+/t7-,10?/m0/s1. The highest BCUT2D eigenvalue weighted by molar-refractivity contribution is 5.77. The number of hydrogen-bond acceptors (Lipinski definition) is 2. The zero-order chi connectivity index (χ0) is 8.72. The summed E-state index contributed by atoms with van der Waals surface area (Å²) in [5.41, 5.74) is 2.53. The summed E-state index contributed by atoms with van der Waals surface area (Å²) in [5, 5.41) is 0. The van der Waals surface area contributed by atoms with Crippen LogP contribution in [0.2, 0.25) is 0 Å². The largest absolute Gasteiger partial charge is 0.449 e. The average molecular weight is 167 g/mol. The van der Waals surface area contributed by atoms with Gasteiger partial charge in [0.15, 0.2) is 0 Å². The Morgan fingerprint density at radius 3 is 3.08 bits per heavy atom. The van der Waals surface area contributed by atoms with Crippen molar-refractivity contribution < 1.29 is 9.53 Å². The summed E-state index contributed by atoms with van der Waals surface area (Å²) in [6, 6.07) is 0.381. The lowest BCUT2D eigenvalue weighted by molar-refractivity contribution is 0.111. The van der Waals surface area contributed by atoms with Crippen molar-refractivity contribution in [3.05, 3.63) is 11.3 Å². The molecule has 2 saturated heterocycles. The van der Waals surface area contributed by atoms with Gasteiger partial charge in [-0.15, -0.1) is 0 Å². The van der Waals surface area contributed by atoms with E-state index in [1.165, 1.54) is 11.3 Å². The van der Waals surface area contributed by atoms with E-state index in [1.807, 2.05) is 0 Å². The highest BCUT2D eigenvalue weighted by Gasteiger charge is 2.49. The normalized spacial score (nSPS) is 31.0. The van der Waals surface area contributed by atoms with E-state index >= 15 is 0 Å². The predicted molar refractivity (Wildman–Crippen MR) is 44.6 cm³/mol. The third-order valence-corrected chi connectivity index (χ3v) is 2.60. The van der Waals surface area contributed by atoms with Crippen molar-refractivity contribution in [2.75, 3.05) is 6.61 Å². The van der Waals surface area contributed by atoms with Crippen LogP contribution in [0.4, 0.5) is 4.79 Å². The van der Waals surface area contributed by atoms with Gasteiger partial charge < -0.3 is 4.74 Å². The summed E-state index contributed by atoms with van der Waals surface area (Å²) in [6.45, 7) is 4.78. The minimum atomic E-state index is -0.158. The zero-order valence-corrected chi connectivity index (χ0v) is 7.46. The second kappa shape index (κ2) is 2.51. The fourth-order valence-electron chi connectivity index (χ4n) is 1.73. The Morgan fingerprint density at radius 1 is 1.75 bits per heavy atom. The van der Waals surface area contributed by atoms with E-state index in [0.717, 1.165) is 12.8 Å². The Morgan fingerprint density at radius 2 is 2.50 bits per heavy atom. The third kappa shape index (κ3) is 0.924. The van der Waals surface area contributed by atoms with Crippen molar-refractivity contribution in [2.24, 2.45) is 0 Å². The van der Waals surface area contributed by atoms with Crippen LogP contribution in [-0.4, -0.2) is 23.6 Å². The van der Waals surface area contributed by atoms with Gasteiger partial charge in [0.25, 0.3) is 0 Å². The molecule has 2 rings (SSSR count). The van der Waals surface area contributed by atoms with E-state index in [4.69, 9.17) is 4.74 Å². The van der Waals surface area contributed by atoms with E-state index in [-0.39, 0.29) is 6.09 Å². The second-order valence-electron chi connectivity index (χ2n) is 3.31. The smallest absolute Gasteiger partial charge is 0.414 e. The molecule has 0 spiro atoms. The number of amides is 1. The van der Waals surface area contributed by atoms with Crippen molar-refractivity contribution in [3.63, 3.8) is 0 Å². The van der Waals surface area contributed by atoms with Gasteiger partial charge in [-0.1, -0.05) is 12.5 Å². The predicted octanol–water partition coefficient (Wildman–Crippen LogP) is 1.89. The molecule has 2 heterocycles. The lowest BCUT2D eigenvalue weighted by atomic mass is 10.2. The fraction of sp³-hybridized carbons (Fsp3) is 0.667. The molecule has 1 atom stereocenters. The molecule has 0 unspecified atom stereocenters. The van der Waals surface area contributed by atoms with Crippen LogP contribution in [0.3, 0.4) is 0 Å². The summed E-state index contributed by atoms with van der Waals surface area (Å²) in [4.78, 5) is 12.9. The molecule has 0 radical (unpaired) electrons. The van der Waals surface area contributed by atoms with E-state index in [1.54, 1.807) is 4.90 Å². The second-order valence-corrected chi connectivity index (χ2v) is 3.31. The number of hydrogen-bond donors (Lipinski definition) is 0. The fourth-order valence-corrected chi connectivity index (χ4v) is 1.73. The number of fused-ring (bicyclic) bond motifs is 1. The summed E-state index contributed by atoms with van der Waals surface area (Å²) < 4.78 is 4.91. The van der Waals surface area contributed by atoms with E-state index in [2.05, 4.69) is 13.8 Å². The molecule has 0 bridgehead atoms. The van der Waals surface area contributed by atoms with E-state index in [0.29, 0.717) is 12.6 Å². The highest BCUT2D eigenvalue weighted by atomic mass is 16.6. The number of allylic oxidation sites excluding steroid dienone is 1. The van der Waals surface area contributed by atoms with Crippen LogP contribution in [0.5, 0.6) is 0 Å². The molecule has 0 aromatic rings. The minimum absolute atomic E-state index is 0.158. The third-order valence-electron chi connectivity index (χ3n) is 2.60. The molecule has 2 aliphatic heterocycles. The number of nitrogens with zero attached hydrogens (tertiary/aromatic N) is 1. The summed E-state index contributed by atoms with van der Waals surface area (Å²) in [6.07, 6.45) is 1.84. The maximum Gasteiger partial charge on any atom is 0.414 e. The van der Waals surface area contributed by atoms with Crippen LogP contribution in [0, 0.1) is 0 Å². The van der Waals surface area contributed by atoms with Crippen LogP contribution in [0.15, 0.2) is 11.3 Å². The van der Waals surface area contributed by atoms with Gasteiger partial charge in [-0.25, -0.2) is 4.79 Å². The Balaban J connectivity index is 2.20. The summed E-state index contributed by atoms with van der Waals surface area (Å²) >= 11 is 0. The Bertz CT molecular complexity index is 257. The van der Waals surface area contributed by atoms with Crippen LogP contribution in [0.25, 0.3) is 0 Å². The van der Waals surface area contributed by atoms with Gasteiger partial charge in [-0.2, -0.15) is 0 Å². The van der Waals surface area contributed by atoms with Gasteiger partial charge in [0.05, 0.1) is 12.6 Å². The average Bonchev–Trinajstić information content (AvgIpc) is 2.79. The Labute approximate surface area is 72.0 Å². The summed E-state index contributed by atoms with van der Waals surface area (Å²) in [7, 11) is 0. The quantitative estimate of drug-likeness (QED) is 0.558. The molecule has 3 nitrogen and oxygen atoms in total. The first-order valence-corrected chi connectivity index (χ1v) is 4.41. The molecular weight excluding hydrogens is 154 g/mol. The topological polar surface area (TPSA) is 29.3 Å². The number of carbonyl (C=O) groups is 1. The molecule has 0 aliphatic carbocycles. The van der Waals surface area contributed by atoms with Gasteiger partial charge in [0.1, 0.15) is 0 Å². The molecule has 2 aliphatic rings. The number of cyclic esters (lactones) is 1. The van der Waals surface area contributed by atoms with Crippen LogP contribution in [0.1, 0.15) is 26.7 Å². The van der Waals surface area contributed by atoms with Crippen molar-refractivity contribution in [1.82, 2.24) is 4.90 Å². The van der Waals surface area contributed by atoms with Crippen molar-refractivity contribution in [3.8, 4) is 0 Å². The Kier molecular flexibility index (Phi) is 1.60. The molecular formula is C9H13NO2. The van der Waals surface area contributed by atoms with E-state index in [9.17, 15) is 4.79 Å². The maximum atomic E-state index is 11.1. The number of rotatable bonds is 1. The zero-order valence-electron chi connectivity index (χ0n) is 7.46. The monoisotopic (exact) mass is 167 g/mol. The van der Waals surface area contributed by atoms with Gasteiger partial charge in [-0.3, -0.25) is 4.90 Å². The molecule has 0 aromatic heterocycles. The maximum absolute atomic E-state index is 11.1. The molecule has 1 amide bonds. The van der Waals surface area contributed by atoms with E-state index < -0.39 is 0 Å². The van der Waals surface area contributed by atoms with Gasteiger partial charge >= 0.3 is 6.09 Å². The number of carbonyl (C=O) groups excluding carboxylic acids is 1. The first-order valence-electron chi connectivity index (χ1n) is 4.41. The molecule has 12 heavy (non-hydrogen) atoms. The SMILES string of the molecule is CC/C(C)=C1\[C@@H]2CCOC(=O)N12. The van der Waals surface area contributed by atoms with Crippen molar-refractivity contribution in [2.45, 2.75) is 32.7 Å². The van der Waals surface area contributed by atoms with Crippen molar-refractivity contribution in [1.29, 1.82) is 0 Å². The first kappa shape index (κ1) is 7.65. The van der Waals surface area contributed by atoms with Gasteiger partial charge in [0.2, 0.25) is 0 Å². The van der Waals surface area contributed by atoms with Gasteiger partial charge in [-0.05, 0) is 13.3 Å². The van der Waals surface area contributed by atoms with Crippen molar-refractivity contribution >= 4 is 6.09 Å². The minimum Gasteiger partial charge on any atom is -0.449 e. The van der Waals surface area contributed by atoms with Gasteiger partial charge in [0, 0.05) is 12.1 Å². The lowest BCUT2D eigenvalue weighted by Gasteiger charge is -2.09. The summed E-state index contributed by atoms with van der Waals surface area (Å²) in [5.74, 6) is 0. The highest BCUT2D eigenvalue weighted by Crippen LogP contribution is 2.41. The molecule has 0 aromatic carbocycles. The number of ether oxygens (including phenoxy) is 1. The van der Waals surface area contributed by atoms with Crippen LogP contribution in [-0.2, 0) is 4.74 Å². The molecule has 0 saturated carbocycles. The molecule has 0 N–H and O–H groups in total. The van der Waals surface area contributed by atoms with Crippen LogP contribution >= 0.6 is 0 Å². The lowest BCUT2D eigenvalue weighted by Crippen LogP contribution is -2.22. The molecule has 2 fully saturated rings. The van der Waals surface area contributed by atoms with Crippen LogP contribution < -0.4 is 0 Å². The first-order chi connectivity index (χ1) is 5.75. The Hall–Kier alpha value is -0.990.